The molecule has 1 heterocycles. The highest BCUT2D eigenvalue weighted by Gasteiger charge is 2.44. The van der Waals surface area contributed by atoms with Gasteiger partial charge in [0.1, 0.15) is 6.04 Å². The van der Waals surface area contributed by atoms with Crippen molar-refractivity contribution in [1.29, 1.82) is 0 Å². The molecule has 0 spiro atoms. The second kappa shape index (κ2) is 3.20. The molecule has 1 atom stereocenters. The van der Waals surface area contributed by atoms with E-state index in [1.807, 2.05) is 0 Å². The number of carbonyl (C=O) groups is 1. The average Bonchev–Trinajstić information content (AvgIpc) is 2.30. The van der Waals surface area contributed by atoms with Gasteiger partial charge in [-0.15, -0.1) is 0 Å². The Bertz CT molecular complexity index is 341. The second-order valence-electron chi connectivity index (χ2n) is 4.27. The second-order valence-corrected chi connectivity index (χ2v) is 6.92. The first kappa shape index (κ1) is 11.5. The number of esters is 1. The van der Waals surface area contributed by atoms with Crippen molar-refractivity contribution < 1.29 is 17.9 Å². The Balaban J connectivity index is 3.02. The minimum atomic E-state index is -3.47. The zero-order valence-electron chi connectivity index (χ0n) is 8.77. The van der Waals surface area contributed by atoms with Gasteiger partial charge in [0.05, 0.1) is 4.75 Å². The van der Waals surface area contributed by atoms with Crippen LogP contribution in [-0.2, 0) is 19.6 Å². The molecule has 1 rings (SSSR count). The zero-order valence-corrected chi connectivity index (χ0v) is 9.59. The number of hydrogen-bond acceptors (Lipinski definition) is 4. The molecule has 0 bridgehead atoms. The fourth-order valence-corrected chi connectivity index (χ4v) is 2.50. The zero-order chi connectivity index (χ0) is 11.1. The Kier molecular flexibility index (Phi) is 2.62. The van der Waals surface area contributed by atoms with Gasteiger partial charge in [0.15, 0.2) is 6.73 Å². The molecule has 0 saturated carbocycles. The van der Waals surface area contributed by atoms with Gasteiger partial charge in [-0.1, -0.05) is 0 Å². The Morgan fingerprint density at radius 1 is 1.43 bits per heavy atom. The van der Waals surface area contributed by atoms with Crippen molar-refractivity contribution in [3.8, 4) is 0 Å². The van der Waals surface area contributed by atoms with Gasteiger partial charge in [0.2, 0.25) is 10.0 Å². The molecule has 0 radical (unpaired) electrons. The molecule has 82 valence electrons. The Hall–Kier alpha value is -0.620. The van der Waals surface area contributed by atoms with E-state index in [0.717, 1.165) is 4.31 Å². The first-order valence-electron chi connectivity index (χ1n) is 4.36. The number of rotatable bonds is 1. The number of nitrogens with zero attached hydrogens (tertiary/aromatic N) is 1. The van der Waals surface area contributed by atoms with E-state index in [4.69, 9.17) is 0 Å². The summed E-state index contributed by atoms with van der Waals surface area (Å²) in [5.74, 6) is -0.488. The van der Waals surface area contributed by atoms with E-state index >= 15 is 0 Å². The van der Waals surface area contributed by atoms with Crippen molar-refractivity contribution in [2.24, 2.45) is 0 Å². The first-order valence-corrected chi connectivity index (χ1v) is 5.80. The molecule has 14 heavy (non-hydrogen) atoms. The summed E-state index contributed by atoms with van der Waals surface area (Å²) in [6, 6.07) is -0.709. The van der Waals surface area contributed by atoms with Crippen LogP contribution in [0.25, 0.3) is 0 Å². The van der Waals surface area contributed by atoms with Crippen LogP contribution in [0.3, 0.4) is 0 Å². The third kappa shape index (κ3) is 1.64. The fraction of sp³-hybridized carbons (Fsp3) is 0.875. The molecule has 1 aliphatic rings. The van der Waals surface area contributed by atoms with Crippen molar-refractivity contribution in [2.75, 3.05) is 6.73 Å². The molecule has 1 fully saturated rings. The third-order valence-corrected chi connectivity index (χ3v) is 4.78. The first-order chi connectivity index (χ1) is 6.18. The van der Waals surface area contributed by atoms with Crippen LogP contribution < -0.4 is 0 Å². The number of sulfonamides is 1. The van der Waals surface area contributed by atoms with E-state index in [2.05, 4.69) is 4.74 Å². The van der Waals surface area contributed by atoms with Gasteiger partial charge in [0.25, 0.3) is 0 Å². The van der Waals surface area contributed by atoms with Crippen LogP contribution in [0.2, 0.25) is 0 Å². The Labute approximate surface area is 84.1 Å². The predicted octanol–water partition coefficient (Wildman–Crippen LogP) is 0.319. The minimum Gasteiger partial charge on any atom is -0.447 e. The number of ether oxygens (including phenoxy) is 1. The lowest BCUT2D eigenvalue weighted by atomic mass is 10.3. The summed E-state index contributed by atoms with van der Waals surface area (Å²) < 4.78 is 28.7. The van der Waals surface area contributed by atoms with Crippen LogP contribution >= 0.6 is 0 Å². The number of carbonyl (C=O) groups excluding carboxylic acids is 1. The highest BCUT2D eigenvalue weighted by molar-refractivity contribution is 7.90. The van der Waals surface area contributed by atoms with Crippen molar-refractivity contribution in [2.45, 2.75) is 38.5 Å². The summed E-state index contributed by atoms with van der Waals surface area (Å²) in [4.78, 5) is 11.0. The highest BCUT2D eigenvalue weighted by Crippen LogP contribution is 2.25. The van der Waals surface area contributed by atoms with E-state index < -0.39 is 26.8 Å². The smallest absolute Gasteiger partial charge is 0.325 e. The van der Waals surface area contributed by atoms with Gasteiger partial charge >= 0.3 is 5.97 Å². The average molecular weight is 221 g/mol. The van der Waals surface area contributed by atoms with Gasteiger partial charge in [-0.25, -0.2) is 8.42 Å². The molecule has 0 aromatic rings. The molecule has 1 saturated heterocycles. The summed E-state index contributed by atoms with van der Waals surface area (Å²) in [5.41, 5.74) is 0. The lowest BCUT2D eigenvalue weighted by molar-refractivity contribution is -0.138. The predicted molar refractivity (Wildman–Crippen MR) is 50.9 cm³/mol. The molecular weight excluding hydrogens is 206 g/mol. The maximum Gasteiger partial charge on any atom is 0.325 e. The fourth-order valence-electron chi connectivity index (χ4n) is 1.11. The summed E-state index contributed by atoms with van der Waals surface area (Å²) in [6.45, 7) is 6.14. The summed E-state index contributed by atoms with van der Waals surface area (Å²) >= 11 is 0. The molecule has 6 heteroatoms. The number of cyclic esters (lactones) is 1. The van der Waals surface area contributed by atoms with Crippen LogP contribution in [0, 0.1) is 0 Å². The van der Waals surface area contributed by atoms with E-state index in [9.17, 15) is 13.2 Å². The molecule has 5 nitrogen and oxygen atoms in total. The topological polar surface area (TPSA) is 63.7 Å². The van der Waals surface area contributed by atoms with Crippen molar-refractivity contribution in [3.05, 3.63) is 0 Å². The molecule has 0 aromatic heterocycles. The lowest BCUT2D eigenvalue weighted by Gasteiger charge is -2.26. The van der Waals surface area contributed by atoms with E-state index in [0.29, 0.717) is 0 Å². The molecule has 0 aliphatic carbocycles. The monoisotopic (exact) mass is 221 g/mol. The maximum absolute atomic E-state index is 11.9. The van der Waals surface area contributed by atoms with Crippen LogP contribution in [0.5, 0.6) is 0 Å². The van der Waals surface area contributed by atoms with Crippen molar-refractivity contribution >= 4 is 16.0 Å². The molecule has 1 aliphatic heterocycles. The summed E-state index contributed by atoms with van der Waals surface area (Å²) in [7, 11) is -3.47. The van der Waals surface area contributed by atoms with Crippen LogP contribution in [0.4, 0.5) is 0 Å². The van der Waals surface area contributed by atoms with Crippen molar-refractivity contribution in [1.82, 2.24) is 4.31 Å². The number of hydrogen-bond donors (Lipinski definition) is 0. The van der Waals surface area contributed by atoms with Gasteiger partial charge in [-0.3, -0.25) is 4.79 Å². The van der Waals surface area contributed by atoms with Crippen LogP contribution in [0.15, 0.2) is 0 Å². The molecule has 0 amide bonds. The molecule has 0 unspecified atom stereocenters. The van der Waals surface area contributed by atoms with E-state index in [-0.39, 0.29) is 6.73 Å². The molecule has 0 N–H and O–H groups in total. The van der Waals surface area contributed by atoms with E-state index in [1.54, 1.807) is 20.8 Å². The normalized spacial score (nSPS) is 25.1. The molecule has 0 aromatic carbocycles. The van der Waals surface area contributed by atoms with Gasteiger partial charge in [0, 0.05) is 0 Å². The SMILES string of the molecule is C[C@H]1C(=O)OCN1S(=O)(=O)C(C)(C)C. The maximum atomic E-state index is 11.9. The quantitative estimate of drug-likeness (QED) is 0.598. The van der Waals surface area contributed by atoms with Crippen molar-refractivity contribution in [3.63, 3.8) is 0 Å². The van der Waals surface area contributed by atoms with E-state index in [1.165, 1.54) is 6.92 Å². The van der Waals surface area contributed by atoms with Gasteiger partial charge < -0.3 is 4.74 Å². The standard InChI is InChI=1S/C8H15NO4S/c1-6-7(10)13-5-9(6)14(11,12)8(2,3)4/h6H,5H2,1-4H3/t6-/m0/s1. The Morgan fingerprint density at radius 3 is 2.21 bits per heavy atom. The third-order valence-electron chi connectivity index (χ3n) is 2.19. The van der Waals surface area contributed by atoms with Gasteiger partial charge in [-0.05, 0) is 27.7 Å². The van der Waals surface area contributed by atoms with Gasteiger partial charge in [-0.2, -0.15) is 4.31 Å². The van der Waals surface area contributed by atoms with Crippen LogP contribution in [0.1, 0.15) is 27.7 Å². The highest BCUT2D eigenvalue weighted by atomic mass is 32.2. The lowest BCUT2D eigenvalue weighted by Crippen LogP contribution is -2.45. The van der Waals surface area contributed by atoms with Crippen LogP contribution in [-0.4, -0.2) is 36.2 Å². The largest absolute Gasteiger partial charge is 0.447 e. The minimum absolute atomic E-state index is 0.167. The summed E-state index contributed by atoms with van der Waals surface area (Å²) in [5, 5.41) is 0. The molecular formula is C8H15NO4S. The summed E-state index contributed by atoms with van der Waals surface area (Å²) in [6.07, 6.45) is 0. The Morgan fingerprint density at radius 2 is 1.93 bits per heavy atom.